The van der Waals surface area contributed by atoms with Crippen LogP contribution < -0.4 is 15.4 Å². The molecule has 1 aliphatic heterocycles. The molecule has 92 valence electrons. The van der Waals surface area contributed by atoms with Gasteiger partial charge in [-0.15, -0.1) is 0 Å². The summed E-state index contributed by atoms with van der Waals surface area (Å²) in [6, 6.07) is 5.81. The first-order valence-corrected chi connectivity index (χ1v) is 5.63. The predicted octanol–water partition coefficient (Wildman–Crippen LogP) is 0.819. The van der Waals surface area contributed by atoms with Gasteiger partial charge in [0.05, 0.1) is 18.7 Å². The zero-order chi connectivity index (χ0) is 12.3. The van der Waals surface area contributed by atoms with Crippen molar-refractivity contribution >= 4 is 11.7 Å². The van der Waals surface area contributed by atoms with Crippen molar-refractivity contribution in [1.29, 1.82) is 0 Å². The van der Waals surface area contributed by atoms with Gasteiger partial charge in [-0.25, -0.2) is 0 Å². The van der Waals surface area contributed by atoms with Crippen molar-refractivity contribution < 1.29 is 14.6 Å². The molecule has 1 aliphatic rings. The van der Waals surface area contributed by atoms with Crippen LogP contribution in [0, 0.1) is 0 Å². The van der Waals surface area contributed by atoms with E-state index in [4.69, 9.17) is 15.6 Å². The highest BCUT2D eigenvalue weighted by Gasteiger charge is 2.18. The molecule has 5 heteroatoms. The quantitative estimate of drug-likeness (QED) is 0.809. The van der Waals surface area contributed by atoms with Gasteiger partial charge in [-0.05, 0) is 17.7 Å². The molecule has 0 bridgehead atoms. The first-order valence-electron chi connectivity index (χ1n) is 5.63. The summed E-state index contributed by atoms with van der Waals surface area (Å²) in [5, 5.41) is 8.70. The lowest BCUT2D eigenvalue weighted by Crippen LogP contribution is -2.34. The number of benzene rings is 1. The average molecular weight is 236 g/mol. The smallest absolute Gasteiger partial charge is 0.305 e. The van der Waals surface area contributed by atoms with E-state index in [0.717, 1.165) is 23.5 Å². The van der Waals surface area contributed by atoms with Crippen LogP contribution in [0.5, 0.6) is 5.75 Å². The fraction of sp³-hybridized carbons (Fsp3) is 0.417. The molecule has 2 rings (SSSR count). The van der Waals surface area contributed by atoms with Crippen molar-refractivity contribution in [2.45, 2.75) is 13.0 Å². The van der Waals surface area contributed by atoms with Crippen molar-refractivity contribution in [2.24, 2.45) is 5.73 Å². The Labute approximate surface area is 99.8 Å². The van der Waals surface area contributed by atoms with Crippen molar-refractivity contribution in [3.05, 3.63) is 23.8 Å². The average Bonchev–Trinajstić information content (AvgIpc) is 2.35. The van der Waals surface area contributed by atoms with Gasteiger partial charge in [0.2, 0.25) is 0 Å². The van der Waals surface area contributed by atoms with Crippen LogP contribution in [0.2, 0.25) is 0 Å². The van der Waals surface area contributed by atoms with Gasteiger partial charge in [0, 0.05) is 13.1 Å². The van der Waals surface area contributed by atoms with Gasteiger partial charge in [0.1, 0.15) is 12.4 Å². The van der Waals surface area contributed by atoms with E-state index in [1.807, 2.05) is 23.1 Å². The molecule has 0 fully saturated rings. The Balaban J connectivity index is 2.16. The lowest BCUT2D eigenvalue weighted by atomic mass is 10.1. The van der Waals surface area contributed by atoms with Crippen LogP contribution in [0.1, 0.15) is 12.0 Å². The molecule has 1 aromatic rings. The molecule has 17 heavy (non-hydrogen) atoms. The van der Waals surface area contributed by atoms with Gasteiger partial charge in [-0.1, -0.05) is 6.07 Å². The summed E-state index contributed by atoms with van der Waals surface area (Å²) in [5.74, 6) is 0.0150. The Morgan fingerprint density at radius 3 is 3.06 bits per heavy atom. The number of fused-ring (bicyclic) bond motifs is 1. The topological polar surface area (TPSA) is 75.8 Å². The SMILES string of the molecule is NCc1ccc2c(c1)OCCN2CCC(=O)O. The second-order valence-corrected chi connectivity index (χ2v) is 3.99. The summed E-state index contributed by atoms with van der Waals surface area (Å²) in [4.78, 5) is 12.6. The maximum Gasteiger partial charge on any atom is 0.305 e. The number of carboxylic acids is 1. The maximum absolute atomic E-state index is 10.6. The molecule has 0 saturated heterocycles. The number of nitrogens with zero attached hydrogens (tertiary/aromatic N) is 1. The Kier molecular flexibility index (Phi) is 3.49. The fourth-order valence-electron chi connectivity index (χ4n) is 1.91. The number of rotatable bonds is 4. The van der Waals surface area contributed by atoms with Gasteiger partial charge in [0.25, 0.3) is 0 Å². The monoisotopic (exact) mass is 236 g/mol. The number of carboxylic acid groups (broad SMARTS) is 1. The third-order valence-electron chi connectivity index (χ3n) is 2.81. The van der Waals surface area contributed by atoms with Crippen LogP contribution in [0.4, 0.5) is 5.69 Å². The van der Waals surface area contributed by atoms with Crippen LogP contribution in [0.25, 0.3) is 0 Å². The number of ether oxygens (including phenoxy) is 1. The van der Waals surface area contributed by atoms with Gasteiger partial charge in [0.15, 0.2) is 0 Å². The van der Waals surface area contributed by atoms with Gasteiger partial charge < -0.3 is 20.5 Å². The minimum absolute atomic E-state index is 0.137. The highest BCUT2D eigenvalue weighted by atomic mass is 16.5. The summed E-state index contributed by atoms with van der Waals surface area (Å²) in [5.41, 5.74) is 7.54. The normalized spacial score (nSPS) is 14.1. The van der Waals surface area contributed by atoms with Crippen LogP contribution in [0.3, 0.4) is 0 Å². The van der Waals surface area contributed by atoms with Crippen LogP contribution >= 0.6 is 0 Å². The molecule has 0 atom stereocenters. The zero-order valence-electron chi connectivity index (χ0n) is 9.56. The predicted molar refractivity (Wildman–Crippen MR) is 64.3 cm³/mol. The summed E-state index contributed by atoms with van der Waals surface area (Å²) >= 11 is 0. The molecular weight excluding hydrogens is 220 g/mol. The Hall–Kier alpha value is -1.75. The summed E-state index contributed by atoms with van der Waals surface area (Å²) < 4.78 is 5.56. The van der Waals surface area contributed by atoms with Crippen LogP contribution in [-0.2, 0) is 11.3 Å². The van der Waals surface area contributed by atoms with E-state index in [0.29, 0.717) is 19.7 Å². The first kappa shape index (κ1) is 11.7. The van der Waals surface area contributed by atoms with Crippen molar-refractivity contribution in [1.82, 2.24) is 0 Å². The number of hydrogen-bond acceptors (Lipinski definition) is 4. The van der Waals surface area contributed by atoms with Crippen molar-refractivity contribution in [2.75, 3.05) is 24.6 Å². The minimum atomic E-state index is -0.781. The van der Waals surface area contributed by atoms with Crippen molar-refractivity contribution in [3.63, 3.8) is 0 Å². The minimum Gasteiger partial charge on any atom is -0.490 e. The lowest BCUT2D eigenvalue weighted by molar-refractivity contribution is -0.136. The molecule has 0 saturated carbocycles. The van der Waals surface area contributed by atoms with Gasteiger partial charge >= 0.3 is 5.97 Å². The number of nitrogens with two attached hydrogens (primary N) is 1. The molecule has 1 aromatic carbocycles. The van der Waals surface area contributed by atoms with E-state index in [2.05, 4.69) is 0 Å². The van der Waals surface area contributed by atoms with E-state index < -0.39 is 5.97 Å². The number of hydrogen-bond donors (Lipinski definition) is 2. The van der Waals surface area contributed by atoms with E-state index in [1.165, 1.54) is 0 Å². The summed E-state index contributed by atoms with van der Waals surface area (Å²) in [7, 11) is 0. The molecule has 0 aliphatic carbocycles. The Morgan fingerprint density at radius 2 is 2.35 bits per heavy atom. The number of anilines is 1. The van der Waals surface area contributed by atoms with Crippen molar-refractivity contribution in [3.8, 4) is 5.75 Å². The second kappa shape index (κ2) is 5.05. The largest absolute Gasteiger partial charge is 0.490 e. The highest BCUT2D eigenvalue weighted by Crippen LogP contribution is 2.32. The standard InChI is InChI=1S/C12H16N2O3/c13-8-9-1-2-10-11(7-9)17-6-5-14(10)4-3-12(15)16/h1-2,7H,3-6,8,13H2,(H,15,16). The first-order chi connectivity index (χ1) is 8.20. The van der Waals surface area contributed by atoms with E-state index in [1.54, 1.807) is 0 Å². The number of carbonyl (C=O) groups is 1. The summed E-state index contributed by atoms with van der Waals surface area (Å²) in [6.45, 7) is 2.29. The zero-order valence-corrected chi connectivity index (χ0v) is 9.56. The molecule has 0 unspecified atom stereocenters. The molecule has 1 heterocycles. The van der Waals surface area contributed by atoms with Crippen LogP contribution in [-0.4, -0.2) is 30.8 Å². The van der Waals surface area contributed by atoms with E-state index in [-0.39, 0.29) is 6.42 Å². The highest BCUT2D eigenvalue weighted by molar-refractivity contribution is 5.68. The lowest BCUT2D eigenvalue weighted by Gasteiger charge is -2.31. The Morgan fingerprint density at radius 1 is 1.53 bits per heavy atom. The van der Waals surface area contributed by atoms with Gasteiger partial charge in [-0.3, -0.25) is 4.79 Å². The molecule has 0 spiro atoms. The molecular formula is C12H16N2O3. The number of aliphatic carboxylic acids is 1. The Bertz CT molecular complexity index is 420. The summed E-state index contributed by atoms with van der Waals surface area (Å²) in [6.07, 6.45) is 0.137. The maximum atomic E-state index is 10.6. The molecule has 0 aromatic heterocycles. The molecule has 0 amide bonds. The molecule has 0 radical (unpaired) electrons. The molecule has 5 nitrogen and oxygen atoms in total. The second-order valence-electron chi connectivity index (χ2n) is 3.99. The van der Waals surface area contributed by atoms with Gasteiger partial charge in [-0.2, -0.15) is 0 Å². The van der Waals surface area contributed by atoms with E-state index >= 15 is 0 Å². The van der Waals surface area contributed by atoms with Crippen LogP contribution in [0.15, 0.2) is 18.2 Å². The third-order valence-corrected chi connectivity index (χ3v) is 2.81. The van der Waals surface area contributed by atoms with E-state index in [9.17, 15) is 4.79 Å². The third kappa shape index (κ3) is 2.68. The fourth-order valence-corrected chi connectivity index (χ4v) is 1.91. The molecule has 3 N–H and O–H groups in total.